The Bertz CT molecular complexity index is 318. The molecule has 4 nitrogen and oxygen atoms in total. The average Bonchev–Trinajstić information content (AvgIpc) is 2.82. The number of carbonyl (C=O) groups excluding carboxylic acids is 1. The van der Waals surface area contributed by atoms with Crippen LogP contribution >= 0.6 is 12.2 Å². The van der Waals surface area contributed by atoms with E-state index in [1.165, 1.54) is 12.8 Å². The predicted molar refractivity (Wildman–Crippen MR) is 71.8 cm³/mol. The molecule has 2 fully saturated rings. The topological polar surface area (TPSA) is 49.6 Å². The summed E-state index contributed by atoms with van der Waals surface area (Å²) >= 11 is 5.30. The second-order valence-corrected chi connectivity index (χ2v) is 5.54. The standard InChI is InChI=1S/C12H21N3OS/c1-10(16)14-8-4-12(5-9-14,11(13)17)15-6-2-3-7-15/h2-9H2,1H3,(H2,13,17). The van der Waals surface area contributed by atoms with Gasteiger partial charge in [-0.05, 0) is 38.8 Å². The maximum Gasteiger partial charge on any atom is 0.219 e. The summed E-state index contributed by atoms with van der Waals surface area (Å²) in [5, 5.41) is 0. The zero-order valence-electron chi connectivity index (χ0n) is 10.4. The van der Waals surface area contributed by atoms with Gasteiger partial charge in [-0.2, -0.15) is 0 Å². The molecule has 0 atom stereocenters. The number of hydrogen-bond donors (Lipinski definition) is 1. The van der Waals surface area contributed by atoms with Crippen molar-refractivity contribution in [2.24, 2.45) is 5.73 Å². The van der Waals surface area contributed by atoms with Crippen LogP contribution in [0.1, 0.15) is 32.6 Å². The number of likely N-dealkylation sites (tertiary alicyclic amines) is 2. The van der Waals surface area contributed by atoms with Crippen LogP contribution in [-0.4, -0.2) is 52.4 Å². The third-order valence-corrected chi connectivity index (χ3v) is 4.59. The molecule has 2 rings (SSSR count). The molecule has 0 unspecified atom stereocenters. The molecule has 1 amide bonds. The first-order valence-electron chi connectivity index (χ1n) is 6.37. The summed E-state index contributed by atoms with van der Waals surface area (Å²) in [5.41, 5.74) is 5.86. The molecule has 17 heavy (non-hydrogen) atoms. The van der Waals surface area contributed by atoms with Crippen molar-refractivity contribution in [1.82, 2.24) is 9.80 Å². The van der Waals surface area contributed by atoms with Gasteiger partial charge in [0, 0.05) is 20.0 Å². The molecule has 2 saturated heterocycles. The van der Waals surface area contributed by atoms with Gasteiger partial charge in [-0.15, -0.1) is 0 Å². The number of thiocarbonyl (C=S) groups is 1. The van der Waals surface area contributed by atoms with E-state index < -0.39 is 0 Å². The van der Waals surface area contributed by atoms with Gasteiger partial charge in [0.2, 0.25) is 5.91 Å². The predicted octanol–water partition coefficient (Wildman–Crippen LogP) is 0.749. The zero-order valence-corrected chi connectivity index (χ0v) is 11.3. The minimum absolute atomic E-state index is 0.127. The molecule has 0 saturated carbocycles. The molecule has 0 aromatic rings. The van der Waals surface area contributed by atoms with E-state index in [2.05, 4.69) is 4.90 Å². The molecule has 96 valence electrons. The number of hydrogen-bond acceptors (Lipinski definition) is 3. The second kappa shape index (κ2) is 4.90. The van der Waals surface area contributed by atoms with Crippen molar-refractivity contribution < 1.29 is 4.79 Å². The molecule has 2 aliphatic heterocycles. The van der Waals surface area contributed by atoms with Crippen molar-refractivity contribution in [2.45, 2.75) is 38.1 Å². The van der Waals surface area contributed by atoms with Crippen molar-refractivity contribution in [3.05, 3.63) is 0 Å². The minimum Gasteiger partial charge on any atom is -0.392 e. The van der Waals surface area contributed by atoms with Gasteiger partial charge in [-0.3, -0.25) is 9.69 Å². The zero-order chi connectivity index (χ0) is 12.5. The van der Waals surface area contributed by atoms with Crippen LogP contribution in [0.3, 0.4) is 0 Å². The third kappa shape index (κ3) is 2.31. The van der Waals surface area contributed by atoms with E-state index in [4.69, 9.17) is 18.0 Å². The fourth-order valence-corrected chi connectivity index (χ4v) is 3.39. The Kier molecular flexibility index (Phi) is 3.68. The minimum atomic E-state index is -0.127. The summed E-state index contributed by atoms with van der Waals surface area (Å²) in [6.07, 6.45) is 4.26. The van der Waals surface area contributed by atoms with E-state index in [1.54, 1.807) is 6.92 Å². The number of piperidine rings is 1. The van der Waals surface area contributed by atoms with Crippen molar-refractivity contribution in [3.63, 3.8) is 0 Å². The van der Waals surface area contributed by atoms with Crippen LogP contribution in [-0.2, 0) is 4.79 Å². The lowest BCUT2D eigenvalue weighted by molar-refractivity contribution is -0.130. The van der Waals surface area contributed by atoms with Crippen LogP contribution < -0.4 is 5.73 Å². The largest absolute Gasteiger partial charge is 0.392 e. The van der Waals surface area contributed by atoms with Crippen LogP contribution in [0.5, 0.6) is 0 Å². The molecule has 0 aromatic heterocycles. The highest BCUT2D eigenvalue weighted by atomic mass is 32.1. The summed E-state index contributed by atoms with van der Waals surface area (Å²) in [6.45, 7) is 5.38. The van der Waals surface area contributed by atoms with Crippen molar-refractivity contribution >= 4 is 23.1 Å². The average molecular weight is 255 g/mol. The summed E-state index contributed by atoms with van der Waals surface area (Å²) in [7, 11) is 0. The third-order valence-electron chi connectivity index (χ3n) is 4.21. The number of nitrogens with zero attached hydrogens (tertiary/aromatic N) is 2. The van der Waals surface area contributed by atoms with Crippen LogP contribution in [0.25, 0.3) is 0 Å². The van der Waals surface area contributed by atoms with Gasteiger partial charge in [-0.1, -0.05) is 12.2 Å². The highest BCUT2D eigenvalue weighted by Gasteiger charge is 2.43. The Hall–Kier alpha value is -0.680. The fraction of sp³-hybridized carbons (Fsp3) is 0.833. The monoisotopic (exact) mass is 255 g/mol. The van der Waals surface area contributed by atoms with Crippen molar-refractivity contribution in [2.75, 3.05) is 26.2 Å². The molecular weight excluding hydrogens is 234 g/mol. The van der Waals surface area contributed by atoms with E-state index in [-0.39, 0.29) is 11.4 Å². The number of carbonyl (C=O) groups is 1. The SMILES string of the molecule is CC(=O)N1CCC(C(N)=S)(N2CCCC2)CC1. The highest BCUT2D eigenvalue weighted by Crippen LogP contribution is 2.32. The number of amides is 1. The van der Waals surface area contributed by atoms with E-state index >= 15 is 0 Å². The molecule has 0 aromatic carbocycles. The Labute approximate surface area is 108 Å². The molecule has 0 spiro atoms. The van der Waals surface area contributed by atoms with Gasteiger partial charge in [-0.25, -0.2) is 0 Å². The summed E-state index contributed by atoms with van der Waals surface area (Å²) in [5.74, 6) is 0.156. The van der Waals surface area contributed by atoms with E-state index in [9.17, 15) is 4.79 Å². The summed E-state index contributed by atoms with van der Waals surface area (Å²) < 4.78 is 0. The molecule has 5 heteroatoms. The van der Waals surface area contributed by atoms with Crippen molar-refractivity contribution in [1.29, 1.82) is 0 Å². The van der Waals surface area contributed by atoms with Crippen LogP contribution in [0.2, 0.25) is 0 Å². The molecule has 0 radical (unpaired) electrons. The van der Waals surface area contributed by atoms with Crippen LogP contribution in [0, 0.1) is 0 Å². The van der Waals surface area contributed by atoms with Crippen LogP contribution in [0.15, 0.2) is 0 Å². The quantitative estimate of drug-likeness (QED) is 0.740. The molecule has 0 aliphatic carbocycles. The maximum atomic E-state index is 11.3. The number of nitrogens with two attached hydrogens (primary N) is 1. The Morgan fingerprint density at radius 3 is 2.12 bits per heavy atom. The van der Waals surface area contributed by atoms with Gasteiger partial charge in [0.05, 0.1) is 10.5 Å². The van der Waals surface area contributed by atoms with Gasteiger partial charge < -0.3 is 10.6 Å². The fourth-order valence-electron chi connectivity index (χ4n) is 3.06. The van der Waals surface area contributed by atoms with Crippen molar-refractivity contribution in [3.8, 4) is 0 Å². The van der Waals surface area contributed by atoms with E-state index in [1.807, 2.05) is 4.90 Å². The molecule has 2 N–H and O–H groups in total. The normalized spacial score (nSPS) is 24.9. The van der Waals surface area contributed by atoms with Gasteiger partial charge in [0.15, 0.2) is 0 Å². The first-order chi connectivity index (χ1) is 8.06. The van der Waals surface area contributed by atoms with E-state index in [0.717, 1.165) is 39.0 Å². The highest BCUT2D eigenvalue weighted by molar-refractivity contribution is 7.80. The molecule has 2 heterocycles. The summed E-state index contributed by atoms with van der Waals surface area (Å²) in [6, 6.07) is 0. The summed E-state index contributed by atoms with van der Waals surface area (Å²) in [4.78, 5) is 16.3. The lowest BCUT2D eigenvalue weighted by Gasteiger charge is -2.46. The smallest absolute Gasteiger partial charge is 0.219 e. The lowest BCUT2D eigenvalue weighted by atomic mass is 9.85. The second-order valence-electron chi connectivity index (χ2n) is 5.10. The molecule has 2 aliphatic rings. The van der Waals surface area contributed by atoms with Gasteiger partial charge in [0.1, 0.15) is 0 Å². The Balaban J connectivity index is 2.10. The van der Waals surface area contributed by atoms with Crippen LogP contribution in [0.4, 0.5) is 0 Å². The Morgan fingerprint density at radius 1 is 1.18 bits per heavy atom. The molecular formula is C12H21N3OS. The molecule has 0 bridgehead atoms. The number of rotatable bonds is 2. The van der Waals surface area contributed by atoms with E-state index in [0.29, 0.717) is 4.99 Å². The maximum absolute atomic E-state index is 11.3. The first kappa shape index (κ1) is 12.8. The van der Waals surface area contributed by atoms with Gasteiger partial charge in [0.25, 0.3) is 0 Å². The Morgan fingerprint density at radius 2 is 1.71 bits per heavy atom. The first-order valence-corrected chi connectivity index (χ1v) is 6.77. The van der Waals surface area contributed by atoms with Gasteiger partial charge >= 0.3 is 0 Å². The lowest BCUT2D eigenvalue weighted by Crippen LogP contribution is -2.61.